The molecule has 13 heteroatoms. The zero-order valence-corrected chi connectivity index (χ0v) is 24.0. The molecule has 3 aliphatic carbocycles. The Balaban J connectivity index is 1.24. The van der Waals surface area contributed by atoms with E-state index >= 15 is 0 Å². The minimum atomic E-state index is -4.42. The van der Waals surface area contributed by atoms with Crippen molar-refractivity contribution in [1.82, 2.24) is 30.4 Å². The van der Waals surface area contributed by atoms with E-state index in [1.165, 1.54) is 16.9 Å². The van der Waals surface area contributed by atoms with E-state index in [0.717, 1.165) is 18.4 Å². The number of nitrogens with one attached hydrogen (secondary N) is 3. The van der Waals surface area contributed by atoms with E-state index in [1.54, 1.807) is 6.07 Å². The molecule has 0 saturated heterocycles. The molecule has 2 atom stereocenters. The molecule has 0 aliphatic heterocycles. The summed E-state index contributed by atoms with van der Waals surface area (Å²) in [5.74, 6) is -3.40. The van der Waals surface area contributed by atoms with Crippen molar-refractivity contribution in [3.63, 3.8) is 0 Å². The smallest absolute Gasteiger partial charge is 0.349 e. The number of benzene rings is 1. The Morgan fingerprint density at radius 1 is 1.12 bits per heavy atom. The van der Waals surface area contributed by atoms with Crippen molar-refractivity contribution in [3.05, 3.63) is 47.5 Å². The number of carbonyl (C=O) groups excluding carboxylic acids is 2. The Kier molecular flexibility index (Phi) is 7.28. The summed E-state index contributed by atoms with van der Waals surface area (Å²) in [6.07, 6.45) is -2.00. The van der Waals surface area contributed by atoms with E-state index in [4.69, 9.17) is 0 Å². The molecular weight excluding hydrogens is 571 g/mol. The fourth-order valence-corrected chi connectivity index (χ4v) is 6.23. The van der Waals surface area contributed by atoms with Crippen LogP contribution in [0.5, 0.6) is 0 Å². The highest BCUT2D eigenvalue weighted by Gasteiger charge is 2.63. The summed E-state index contributed by atoms with van der Waals surface area (Å²) in [7, 11) is 0. The summed E-state index contributed by atoms with van der Waals surface area (Å²) in [5, 5.41) is 9.97. The number of hydrogen-bond donors (Lipinski definition) is 3. The zero-order chi connectivity index (χ0) is 30.7. The number of halogens is 5. The van der Waals surface area contributed by atoms with Crippen LogP contribution in [-0.4, -0.2) is 43.7 Å². The van der Waals surface area contributed by atoms with Crippen LogP contribution in [0.15, 0.2) is 30.5 Å². The van der Waals surface area contributed by atoms with Gasteiger partial charge in [0, 0.05) is 31.5 Å². The van der Waals surface area contributed by atoms with Crippen molar-refractivity contribution >= 4 is 22.8 Å². The third-order valence-corrected chi connectivity index (χ3v) is 9.02. The highest BCUT2D eigenvalue weighted by Crippen LogP contribution is 2.61. The molecule has 3 aromatic rings. The molecule has 1 unspecified atom stereocenters. The number of carbonyl (C=O) groups is 2. The number of rotatable bonds is 11. The standard InChI is InChI=1S/C30H35F5N6O2/c1-16(2)41-23(7-10-36-41)27(43)39-22(15-28(8-9-28)30(33,34)35)26-37-20-6-5-19(12-21(20)38-26)25(18-3-4-18)40-24(42)11-17-13-29(31,32)14-17/h5-7,10,12,16-18,22,25H,3-4,8-9,11,13-15H2,1-2H3,(H,37,38)(H,39,43)(H,40,42)/t22-,25?/m0/s1. The van der Waals surface area contributed by atoms with Gasteiger partial charge in [-0.05, 0) is 81.5 Å². The number of aromatic nitrogens is 4. The maximum absolute atomic E-state index is 14.0. The molecule has 0 radical (unpaired) electrons. The number of aromatic amines is 1. The van der Waals surface area contributed by atoms with Crippen molar-refractivity contribution in [2.24, 2.45) is 17.3 Å². The fourth-order valence-electron chi connectivity index (χ4n) is 6.23. The van der Waals surface area contributed by atoms with Crippen molar-refractivity contribution in [2.75, 3.05) is 0 Å². The summed E-state index contributed by atoms with van der Waals surface area (Å²) < 4.78 is 70.0. The number of fused-ring (bicyclic) bond motifs is 1. The Bertz CT molecular complexity index is 1510. The molecule has 0 bridgehead atoms. The molecule has 2 amide bonds. The van der Waals surface area contributed by atoms with E-state index in [0.29, 0.717) is 11.0 Å². The van der Waals surface area contributed by atoms with Crippen LogP contribution in [-0.2, 0) is 4.79 Å². The lowest BCUT2D eigenvalue weighted by Crippen LogP contribution is -2.39. The van der Waals surface area contributed by atoms with Gasteiger partial charge in [-0.1, -0.05) is 6.07 Å². The lowest BCUT2D eigenvalue weighted by molar-refractivity contribution is -0.190. The van der Waals surface area contributed by atoms with Crippen molar-refractivity contribution in [1.29, 1.82) is 0 Å². The first-order valence-corrected chi connectivity index (χ1v) is 14.8. The predicted octanol–water partition coefficient (Wildman–Crippen LogP) is 6.55. The van der Waals surface area contributed by atoms with Gasteiger partial charge in [-0.2, -0.15) is 18.3 Å². The van der Waals surface area contributed by atoms with Crippen LogP contribution in [0.1, 0.15) is 105 Å². The second kappa shape index (κ2) is 10.6. The van der Waals surface area contributed by atoms with Crippen molar-refractivity contribution < 1.29 is 31.5 Å². The first-order chi connectivity index (χ1) is 20.2. The SMILES string of the molecule is CC(C)n1nccc1C(=O)N[C@@H](CC1(C(F)(F)F)CC1)c1nc2ccc(C(NC(=O)CC3CC(F)(F)C3)C3CC3)cc2[nH]1. The fraction of sp³-hybridized carbons (Fsp3) is 0.600. The van der Waals surface area contributed by atoms with Crippen LogP contribution in [0.4, 0.5) is 22.0 Å². The van der Waals surface area contributed by atoms with Gasteiger partial charge in [0.2, 0.25) is 11.8 Å². The van der Waals surface area contributed by atoms with Gasteiger partial charge in [0.1, 0.15) is 11.5 Å². The van der Waals surface area contributed by atoms with Crippen LogP contribution < -0.4 is 10.6 Å². The number of imidazole rings is 1. The van der Waals surface area contributed by atoms with Crippen molar-refractivity contribution in [2.45, 2.75) is 95.4 Å². The summed E-state index contributed by atoms with van der Waals surface area (Å²) >= 11 is 0. The molecular formula is C30H35F5N6O2. The van der Waals surface area contributed by atoms with Gasteiger partial charge < -0.3 is 15.6 Å². The number of amides is 2. The van der Waals surface area contributed by atoms with Gasteiger partial charge in [-0.3, -0.25) is 14.3 Å². The van der Waals surface area contributed by atoms with Crippen LogP contribution in [0, 0.1) is 17.3 Å². The third-order valence-electron chi connectivity index (χ3n) is 9.02. The Hall–Kier alpha value is -3.51. The Morgan fingerprint density at radius 3 is 2.44 bits per heavy atom. The third kappa shape index (κ3) is 6.12. The molecule has 8 nitrogen and oxygen atoms in total. The monoisotopic (exact) mass is 606 g/mol. The van der Waals surface area contributed by atoms with E-state index in [2.05, 4.69) is 25.7 Å². The van der Waals surface area contributed by atoms with Gasteiger partial charge in [-0.25, -0.2) is 13.8 Å². The summed E-state index contributed by atoms with van der Waals surface area (Å²) in [6, 6.07) is 5.42. The van der Waals surface area contributed by atoms with Gasteiger partial charge in [-0.15, -0.1) is 0 Å². The predicted molar refractivity (Wildman–Crippen MR) is 147 cm³/mol. The Labute approximate surface area is 245 Å². The van der Waals surface area contributed by atoms with E-state index in [-0.39, 0.29) is 79.9 Å². The first kappa shape index (κ1) is 29.6. The van der Waals surface area contributed by atoms with E-state index < -0.39 is 29.5 Å². The molecule has 2 aromatic heterocycles. The molecule has 43 heavy (non-hydrogen) atoms. The maximum atomic E-state index is 14.0. The summed E-state index contributed by atoms with van der Waals surface area (Å²) in [4.78, 5) is 33.7. The molecule has 3 aliphatic rings. The minimum absolute atomic E-state index is 0.0154. The van der Waals surface area contributed by atoms with Gasteiger partial charge in [0.15, 0.2) is 0 Å². The molecule has 2 heterocycles. The average molecular weight is 607 g/mol. The van der Waals surface area contributed by atoms with E-state index in [9.17, 15) is 31.5 Å². The van der Waals surface area contributed by atoms with Gasteiger partial charge >= 0.3 is 6.18 Å². The van der Waals surface area contributed by atoms with E-state index in [1.807, 2.05) is 26.0 Å². The van der Waals surface area contributed by atoms with Gasteiger partial charge in [0.05, 0.1) is 28.5 Å². The second-order valence-corrected chi connectivity index (χ2v) is 12.9. The maximum Gasteiger partial charge on any atom is 0.394 e. The van der Waals surface area contributed by atoms with Crippen LogP contribution >= 0.6 is 0 Å². The number of H-pyrrole nitrogens is 1. The second-order valence-electron chi connectivity index (χ2n) is 12.9. The minimum Gasteiger partial charge on any atom is -0.349 e. The highest BCUT2D eigenvalue weighted by atomic mass is 19.4. The Morgan fingerprint density at radius 2 is 1.84 bits per heavy atom. The molecule has 1 aromatic carbocycles. The largest absolute Gasteiger partial charge is 0.394 e. The van der Waals surface area contributed by atoms with Crippen molar-refractivity contribution in [3.8, 4) is 0 Å². The van der Waals surface area contributed by atoms with Gasteiger partial charge in [0.25, 0.3) is 5.91 Å². The van der Waals surface area contributed by atoms with Crippen LogP contribution in [0.3, 0.4) is 0 Å². The number of nitrogens with zero attached hydrogens (tertiary/aromatic N) is 3. The zero-order valence-electron chi connectivity index (χ0n) is 24.0. The van der Waals surface area contributed by atoms with Crippen LogP contribution in [0.25, 0.3) is 11.0 Å². The average Bonchev–Trinajstić information content (AvgIpc) is 3.80. The number of hydrogen-bond acceptors (Lipinski definition) is 4. The highest BCUT2D eigenvalue weighted by molar-refractivity contribution is 5.92. The quantitative estimate of drug-likeness (QED) is 0.216. The summed E-state index contributed by atoms with van der Waals surface area (Å²) in [6.45, 7) is 3.70. The number of alkyl halides is 5. The molecule has 3 saturated carbocycles. The lowest BCUT2D eigenvalue weighted by Gasteiger charge is -2.34. The topological polar surface area (TPSA) is 105 Å². The first-order valence-electron chi connectivity index (χ1n) is 14.8. The molecule has 3 fully saturated rings. The molecule has 6 rings (SSSR count). The normalized spacial score (nSPS) is 20.9. The summed E-state index contributed by atoms with van der Waals surface area (Å²) in [5.41, 5.74) is 0.227. The van der Waals surface area contributed by atoms with Crippen LogP contribution in [0.2, 0.25) is 0 Å². The molecule has 0 spiro atoms. The molecule has 232 valence electrons. The molecule has 3 N–H and O–H groups in total. The lowest BCUT2D eigenvalue weighted by atomic mass is 9.79.